The van der Waals surface area contributed by atoms with Crippen LogP contribution in [0.2, 0.25) is 0 Å². The average molecular weight is 534 g/mol. The van der Waals surface area contributed by atoms with Gasteiger partial charge in [-0.15, -0.1) is 0 Å². The molecule has 4 fully saturated rings. The third-order valence-corrected chi connectivity index (χ3v) is 11.7. The Morgan fingerprint density at radius 3 is 2.05 bits per heavy atom. The highest BCUT2D eigenvalue weighted by atomic mass is 32.2. The molecule has 2 saturated heterocycles. The molecule has 1 aromatic carbocycles. The van der Waals surface area contributed by atoms with Crippen molar-refractivity contribution in [3.05, 3.63) is 35.9 Å². The summed E-state index contributed by atoms with van der Waals surface area (Å²) in [6.45, 7) is 1.36. The van der Waals surface area contributed by atoms with Crippen molar-refractivity contribution in [3.63, 3.8) is 0 Å². The smallest absolute Gasteiger partial charge is 0.320 e. The third kappa shape index (κ3) is 5.04. The summed E-state index contributed by atoms with van der Waals surface area (Å²) in [6, 6.07) is 10.6. The Hall–Kier alpha value is -1.68. The molecular weight excluding hydrogens is 490 g/mol. The van der Waals surface area contributed by atoms with E-state index in [-0.39, 0.29) is 41.5 Å². The minimum atomic E-state index is -3.07. The Morgan fingerprint density at radius 2 is 1.51 bits per heavy atom. The molecule has 2 amide bonds. The van der Waals surface area contributed by atoms with E-state index in [1.54, 1.807) is 0 Å². The summed E-state index contributed by atoms with van der Waals surface area (Å²) in [4.78, 5) is 19.9. The fraction of sp³-hybridized carbons (Fsp3) is 0.750. The molecule has 8 nitrogen and oxygen atoms in total. The number of hydrogen-bond donors (Lipinski definition) is 2. The lowest BCUT2D eigenvalue weighted by atomic mass is 9.67. The monoisotopic (exact) mass is 533 g/mol. The van der Waals surface area contributed by atoms with Crippen molar-refractivity contribution in [1.29, 1.82) is 0 Å². The summed E-state index contributed by atoms with van der Waals surface area (Å²) in [5.41, 5.74) is -0.975. The number of amides is 2. The van der Waals surface area contributed by atoms with Gasteiger partial charge in [0.2, 0.25) is 0 Å². The number of hydrogen-bond acceptors (Lipinski definition) is 6. The van der Waals surface area contributed by atoms with Gasteiger partial charge in [0.1, 0.15) is 0 Å². The zero-order chi connectivity index (χ0) is 26.5. The first kappa shape index (κ1) is 26.9. The second-order valence-electron chi connectivity index (χ2n) is 12.5. The molecule has 206 valence electrons. The molecule has 1 aromatic rings. The van der Waals surface area contributed by atoms with Crippen molar-refractivity contribution in [2.75, 3.05) is 45.2 Å². The van der Waals surface area contributed by atoms with Gasteiger partial charge in [-0.1, -0.05) is 30.3 Å². The number of urea groups is 1. The number of carbonyl (C=O) groups is 1. The summed E-state index contributed by atoms with van der Waals surface area (Å²) in [5.74, 6) is 0.0132. The Kier molecular flexibility index (Phi) is 6.91. The number of benzene rings is 1. The van der Waals surface area contributed by atoms with Crippen LogP contribution >= 0.6 is 0 Å². The standard InChI is InChI=1S/C28H43N3O5S/c1-29(2)28(23-7-4-3-5-8-23)13-11-25(12-14-28)21-30(24(32)31(25)22-27(34)9-6-10-27)18-15-26(33)16-19-37(35,36)20-17-26/h3-5,7-8,33-34H,6,9-22H2,1-2H3/t25-,28+. The van der Waals surface area contributed by atoms with E-state index in [9.17, 15) is 23.4 Å². The van der Waals surface area contributed by atoms with Crippen LogP contribution in [0.25, 0.3) is 0 Å². The number of aliphatic hydroxyl groups is 2. The average Bonchev–Trinajstić information content (AvgIpc) is 3.10. The van der Waals surface area contributed by atoms with E-state index in [0.29, 0.717) is 26.1 Å². The van der Waals surface area contributed by atoms with E-state index in [1.165, 1.54) is 5.56 Å². The van der Waals surface area contributed by atoms with Gasteiger partial charge in [0.25, 0.3) is 0 Å². The third-order valence-electron chi connectivity index (χ3n) is 10.1. The van der Waals surface area contributed by atoms with Crippen molar-refractivity contribution >= 4 is 15.9 Å². The number of nitrogens with zero attached hydrogens (tertiary/aromatic N) is 3. The molecule has 0 unspecified atom stereocenters. The van der Waals surface area contributed by atoms with Gasteiger partial charge in [-0.25, -0.2) is 13.2 Å². The maximum atomic E-state index is 13.8. The van der Waals surface area contributed by atoms with E-state index in [4.69, 9.17) is 0 Å². The van der Waals surface area contributed by atoms with Crippen molar-refractivity contribution in [2.45, 2.75) is 86.5 Å². The number of carbonyl (C=O) groups excluding carboxylic acids is 1. The number of sulfone groups is 1. The van der Waals surface area contributed by atoms with Crippen LogP contribution in [-0.4, -0.2) is 101 Å². The largest absolute Gasteiger partial charge is 0.390 e. The quantitative estimate of drug-likeness (QED) is 0.559. The lowest BCUT2D eigenvalue weighted by Gasteiger charge is -2.52. The lowest BCUT2D eigenvalue weighted by Crippen LogP contribution is -2.59. The first-order valence-electron chi connectivity index (χ1n) is 13.8. The molecule has 2 N–H and O–H groups in total. The minimum Gasteiger partial charge on any atom is -0.390 e. The summed E-state index contributed by atoms with van der Waals surface area (Å²) in [6.07, 6.45) is 6.82. The van der Waals surface area contributed by atoms with Crippen LogP contribution in [-0.2, 0) is 15.4 Å². The van der Waals surface area contributed by atoms with Gasteiger partial charge >= 0.3 is 6.03 Å². The van der Waals surface area contributed by atoms with Crippen LogP contribution in [0.15, 0.2) is 30.3 Å². The van der Waals surface area contributed by atoms with Gasteiger partial charge in [-0.3, -0.25) is 4.90 Å². The molecule has 0 atom stereocenters. The van der Waals surface area contributed by atoms with Crippen LogP contribution in [0.5, 0.6) is 0 Å². The first-order chi connectivity index (χ1) is 17.4. The fourth-order valence-corrected chi connectivity index (χ4v) is 8.73. The summed E-state index contributed by atoms with van der Waals surface area (Å²) in [5, 5.41) is 22.1. The maximum absolute atomic E-state index is 13.8. The Labute approximate surface area is 221 Å². The van der Waals surface area contributed by atoms with Crippen molar-refractivity contribution in [2.24, 2.45) is 0 Å². The lowest BCUT2D eigenvalue weighted by molar-refractivity contribution is -0.0725. The van der Waals surface area contributed by atoms with E-state index < -0.39 is 21.0 Å². The Morgan fingerprint density at radius 1 is 0.892 bits per heavy atom. The number of β-amino-alcohol motifs (C(OH)–C–C–N with tert-alkyl or cyclic N) is 1. The van der Waals surface area contributed by atoms with Crippen molar-refractivity contribution in [3.8, 4) is 0 Å². The van der Waals surface area contributed by atoms with Gasteiger partial charge < -0.3 is 20.0 Å². The van der Waals surface area contributed by atoms with Gasteiger partial charge in [0.15, 0.2) is 9.84 Å². The fourth-order valence-electron chi connectivity index (χ4n) is 7.14. The van der Waals surface area contributed by atoms with Gasteiger partial charge in [0.05, 0.1) is 34.8 Å². The van der Waals surface area contributed by atoms with Crippen LogP contribution in [0.1, 0.15) is 69.8 Å². The minimum absolute atomic E-state index is 0.00659. The van der Waals surface area contributed by atoms with Crippen LogP contribution in [0, 0.1) is 0 Å². The summed E-state index contributed by atoms with van der Waals surface area (Å²) in [7, 11) is 1.20. The number of rotatable bonds is 7. The van der Waals surface area contributed by atoms with E-state index in [2.05, 4.69) is 43.3 Å². The molecule has 2 saturated carbocycles. The van der Waals surface area contributed by atoms with Crippen LogP contribution in [0.4, 0.5) is 4.79 Å². The molecule has 5 rings (SSSR count). The normalized spacial score (nSPS) is 30.0. The Bertz CT molecular complexity index is 1080. The maximum Gasteiger partial charge on any atom is 0.320 e. The van der Waals surface area contributed by atoms with Gasteiger partial charge in [-0.2, -0.15) is 0 Å². The Balaban J connectivity index is 1.34. The predicted molar refractivity (Wildman–Crippen MR) is 143 cm³/mol. The SMILES string of the molecule is CN(C)[C@]1(c2ccccc2)CC[C@]2(CC1)CN(CCC1(O)CCS(=O)(=O)CC1)C(=O)N2CC1(O)CCC1. The molecule has 2 aliphatic carbocycles. The molecule has 2 aliphatic heterocycles. The first-order valence-corrected chi connectivity index (χ1v) is 15.7. The molecule has 9 heteroatoms. The van der Waals surface area contributed by atoms with Crippen LogP contribution < -0.4 is 0 Å². The van der Waals surface area contributed by atoms with E-state index in [1.807, 2.05) is 15.9 Å². The van der Waals surface area contributed by atoms with E-state index in [0.717, 1.165) is 44.9 Å². The summed E-state index contributed by atoms with van der Waals surface area (Å²) >= 11 is 0. The zero-order valence-electron chi connectivity index (χ0n) is 22.4. The zero-order valence-corrected chi connectivity index (χ0v) is 23.2. The highest BCUT2D eigenvalue weighted by Gasteiger charge is 2.56. The van der Waals surface area contributed by atoms with E-state index >= 15 is 0 Å². The molecule has 0 radical (unpaired) electrons. The molecule has 0 aromatic heterocycles. The second kappa shape index (κ2) is 9.50. The highest BCUT2D eigenvalue weighted by molar-refractivity contribution is 7.91. The van der Waals surface area contributed by atoms with Gasteiger partial charge in [-0.05, 0) is 83.9 Å². The molecular formula is C28H43N3O5S. The van der Waals surface area contributed by atoms with Crippen LogP contribution in [0.3, 0.4) is 0 Å². The molecule has 0 bridgehead atoms. The molecule has 2 heterocycles. The van der Waals surface area contributed by atoms with Crippen molar-refractivity contribution < 1.29 is 23.4 Å². The summed E-state index contributed by atoms with van der Waals surface area (Å²) < 4.78 is 23.7. The predicted octanol–water partition coefficient (Wildman–Crippen LogP) is 2.74. The highest BCUT2D eigenvalue weighted by Crippen LogP contribution is 2.50. The molecule has 4 aliphatic rings. The second-order valence-corrected chi connectivity index (χ2v) is 14.8. The van der Waals surface area contributed by atoms with Crippen molar-refractivity contribution in [1.82, 2.24) is 14.7 Å². The molecule has 37 heavy (non-hydrogen) atoms. The molecule has 1 spiro atoms. The topological polar surface area (TPSA) is 101 Å². The van der Waals surface area contributed by atoms with Gasteiger partial charge in [0, 0.05) is 18.6 Å².